The van der Waals surface area contributed by atoms with Crippen LogP contribution in [-0.4, -0.2) is 191 Å². The van der Waals surface area contributed by atoms with E-state index in [9.17, 15) is 19.5 Å². The van der Waals surface area contributed by atoms with Crippen LogP contribution in [0.5, 0.6) is 17.2 Å². The molecule has 6 atom stereocenters. The number of hydrogen-bond acceptors (Lipinski definition) is 26. The number of amides is 2. The first kappa shape index (κ1) is 90.8. The van der Waals surface area contributed by atoms with Crippen molar-refractivity contribution in [3.05, 3.63) is 327 Å². The highest BCUT2D eigenvalue weighted by Gasteiger charge is 2.57. The van der Waals surface area contributed by atoms with Crippen LogP contribution >= 0.6 is 21.6 Å². The van der Waals surface area contributed by atoms with Crippen LogP contribution < -0.4 is 19.1 Å². The minimum atomic E-state index is -2.87. The van der Waals surface area contributed by atoms with Crippen molar-refractivity contribution in [1.82, 2.24) is 9.80 Å². The largest absolute Gasteiger partial charge is 0.513 e. The Morgan fingerprint density at radius 1 is 0.522 bits per heavy atom. The minimum absolute atomic E-state index is 0.0893. The van der Waals surface area contributed by atoms with E-state index >= 15 is 33.6 Å². The third-order valence-corrected chi connectivity index (χ3v) is 28.8. The molecule has 0 saturated carbocycles. The molecule has 0 bridgehead atoms. The summed E-state index contributed by atoms with van der Waals surface area (Å²) in [5.41, 5.74) is 8.58. The number of ether oxygens (including phenoxy) is 13. The molecule has 1 saturated heterocycles. The van der Waals surface area contributed by atoms with Crippen LogP contribution in [0.25, 0.3) is 44.5 Å². The third-order valence-electron chi connectivity index (χ3n) is 26.4. The van der Waals surface area contributed by atoms with Gasteiger partial charge in [-0.2, -0.15) is 0 Å². The molecule has 27 nitrogen and oxygen atoms in total. The van der Waals surface area contributed by atoms with Gasteiger partial charge in [0, 0.05) is 97.3 Å². The fourth-order valence-corrected chi connectivity index (χ4v) is 22.4. The number of benzene rings is 11. The van der Waals surface area contributed by atoms with Crippen molar-refractivity contribution < 1.29 is 115 Å². The molecule has 11 aromatic rings. The number of carbonyl (C=O) groups is 10. The molecule has 6 aliphatic carbocycles. The van der Waals surface area contributed by atoms with E-state index in [-0.39, 0.29) is 79.2 Å². The van der Waals surface area contributed by atoms with Crippen LogP contribution in [0.3, 0.4) is 0 Å². The second-order valence-electron chi connectivity index (χ2n) is 34.4. The molecule has 8 aliphatic rings. The monoisotopic (exact) mass is 1870 g/mol. The fraction of sp³-hybridized carbons (Fsp3) is 0.271. The predicted octanol–water partition coefficient (Wildman–Crippen LogP) is 19.4. The molecule has 19 rings (SSSR count). The lowest BCUT2D eigenvalue weighted by atomic mass is 9.71. The maximum Gasteiger partial charge on any atom is 0.513 e. The van der Waals surface area contributed by atoms with Crippen molar-refractivity contribution in [3.63, 3.8) is 0 Å². The topological polar surface area (TPSA) is 321 Å². The zero-order valence-electron chi connectivity index (χ0n) is 74.5. The molecule has 0 aromatic heterocycles. The Bertz CT molecular complexity index is 6450. The second-order valence-corrected chi connectivity index (χ2v) is 36.8. The lowest BCUT2D eigenvalue weighted by Crippen LogP contribution is -2.56. The number of carbonyl (C=O) groups excluding carboxylic acids is 9. The van der Waals surface area contributed by atoms with Gasteiger partial charge in [0.1, 0.15) is 44.5 Å². The zero-order valence-corrected chi connectivity index (χ0v) is 76.1. The molecule has 1 fully saturated rings. The summed E-state index contributed by atoms with van der Waals surface area (Å²) in [6, 6.07) is 71.4. The van der Waals surface area contributed by atoms with Crippen LogP contribution in [0.4, 0.5) is 29.7 Å². The Hall–Kier alpha value is -14.4. The molecule has 29 heteroatoms. The zero-order chi connectivity index (χ0) is 94.0. The summed E-state index contributed by atoms with van der Waals surface area (Å²) < 4.78 is 83.8. The number of para-hydroxylation sites is 1. The van der Waals surface area contributed by atoms with Gasteiger partial charge in [-0.25, -0.2) is 28.8 Å². The average Bonchev–Trinajstić information content (AvgIpc) is 0.727. The number of nitrogens with zero attached hydrogens (tertiary/aromatic N) is 3. The Labute approximate surface area is 790 Å². The van der Waals surface area contributed by atoms with E-state index in [0.29, 0.717) is 23.6 Å². The number of aliphatic carboxylic acids is 1. The first-order valence-electron chi connectivity index (χ1n) is 44.9. The van der Waals surface area contributed by atoms with Gasteiger partial charge in [-0.3, -0.25) is 24.1 Å². The van der Waals surface area contributed by atoms with E-state index in [1.165, 1.54) is 51.8 Å². The van der Waals surface area contributed by atoms with E-state index < -0.39 is 175 Å². The van der Waals surface area contributed by atoms with E-state index in [2.05, 4.69) is 0 Å². The number of rotatable bonds is 30. The van der Waals surface area contributed by atoms with Crippen molar-refractivity contribution in [2.45, 2.75) is 104 Å². The number of ketones is 3. The number of carboxylic acids is 1. The molecule has 136 heavy (non-hydrogen) atoms. The molecular formula is C107H93N3O24S2. The normalized spacial score (nSPS) is 18.3. The molecule has 11 aromatic carbocycles. The van der Waals surface area contributed by atoms with Gasteiger partial charge in [-0.05, 0) is 127 Å². The molecule has 6 unspecified atom stereocenters. The lowest BCUT2D eigenvalue weighted by Gasteiger charge is -2.46. The Morgan fingerprint density at radius 2 is 0.985 bits per heavy atom. The molecule has 692 valence electrons. The molecule has 0 spiro atoms. The number of methoxy groups -OCH3 is 1. The quantitative estimate of drug-likeness (QED) is 0.0144. The molecule has 2 aliphatic heterocycles. The molecular weight excluding hydrogens is 1780 g/mol. The lowest BCUT2D eigenvalue weighted by molar-refractivity contribution is -0.257. The summed E-state index contributed by atoms with van der Waals surface area (Å²) in [7, 11) is 7.11. The summed E-state index contributed by atoms with van der Waals surface area (Å²) in [5.74, 6) is -8.05. The van der Waals surface area contributed by atoms with Crippen LogP contribution in [0, 0.1) is 0 Å². The first-order chi connectivity index (χ1) is 66.2. The van der Waals surface area contributed by atoms with Crippen molar-refractivity contribution in [2.24, 2.45) is 0 Å². The Kier molecular flexibility index (Phi) is 26.2. The summed E-state index contributed by atoms with van der Waals surface area (Å²) in [6.07, 6.45) is -9.99. The van der Waals surface area contributed by atoms with Crippen molar-refractivity contribution in [3.8, 4) is 61.8 Å². The van der Waals surface area contributed by atoms with E-state index in [4.69, 9.17) is 61.6 Å². The molecule has 2 amide bonds. The number of fused-ring (bicyclic) bond motifs is 15. The van der Waals surface area contributed by atoms with Gasteiger partial charge in [0.2, 0.25) is 17.5 Å². The highest BCUT2D eigenvalue weighted by Crippen LogP contribution is 2.57. The van der Waals surface area contributed by atoms with Gasteiger partial charge in [0.05, 0.1) is 60.9 Å². The maximum absolute atomic E-state index is 17.1. The molecule has 0 radical (unpaired) electrons. The van der Waals surface area contributed by atoms with Crippen molar-refractivity contribution in [1.29, 1.82) is 0 Å². The standard InChI is InChI=1S/C107H93N3O24S2/c1-61-99(131-103(118)125-55-80-70-34-13-5-26-62(70)63-27-6-14-35-71(63)80)85(109-47-23-24-48-109)52-92(129-61)130-87-54-107(134-106(121)128-58-83-76-40-19-11-32-68(76)69-33-12-20-41-77(69)83,89(111)59-124-102(117)110(49-50-123-60-91(113)114)84-43-21-22-45-88(84)136-135-51-46-90(112)108(2)3)53-79-94(87)101(133-105(120)127-57-82-74-38-17-9-30-66(74)67-31-10-18-39-75(67)82)96-95(97(115)78-42-25-44-86(122-4)93(78)98(96)116)100(79)132-104(119)126-56-81-72-36-15-7-28-64(72)65-29-8-16-37-73(65)81/h5-23,25-45,47,61,80-83,85,87,92,99H,24,46,48-60H2,1-4H3,(H,113,114). The van der Waals surface area contributed by atoms with Gasteiger partial charge in [-0.15, -0.1) is 0 Å². The number of carboxylic acid groups (broad SMARTS) is 1. The average molecular weight is 1870 g/mol. The summed E-state index contributed by atoms with van der Waals surface area (Å²) in [5, 5.41) is 9.74. The van der Waals surface area contributed by atoms with Crippen LogP contribution in [0.2, 0.25) is 0 Å². The van der Waals surface area contributed by atoms with Crippen molar-refractivity contribution in [2.75, 3.05) is 91.2 Å². The minimum Gasteiger partial charge on any atom is -0.496 e. The first-order valence-corrected chi connectivity index (χ1v) is 47.2. The predicted molar refractivity (Wildman–Crippen MR) is 502 cm³/mol. The van der Waals surface area contributed by atoms with E-state index in [1.54, 1.807) is 45.3 Å². The van der Waals surface area contributed by atoms with Crippen LogP contribution in [0.15, 0.2) is 254 Å². The summed E-state index contributed by atoms with van der Waals surface area (Å²) >= 11 is 0. The van der Waals surface area contributed by atoms with E-state index in [0.717, 1.165) is 93.9 Å². The maximum atomic E-state index is 17.1. The van der Waals surface area contributed by atoms with Crippen molar-refractivity contribution >= 4 is 87.2 Å². The van der Waals surface area contributed by atoms with Gasteiger partial charge < -0.3 is 76.5 Å². The Balaban J connectivity index is 0.760. The number of anilines is 1. The third kappa shape index (κ3) is 17.8. The smallest absolute Gasteiger partial charge is 0.496 e. The highest BCUT2D eigenvalue weighted by molar-refractivity contribution is 8.76. The fourth-order valence-electron chi connectivity index (χ4n) is 20.2. The summed E-state index contributed by atoms with van der Waals surface area (Å²) in [4.78, 5) is 158. The highest BCUT2D eigenvalue weighted by atomic mass is 33.1. The van der Waals surface area contributed by atoms with Gasteiger partial charge in [0.15, 0.2) is 36.1 Å². The van der Waals surface area contributed by atoms with Gasteiger partial charge in [-0.1, -0.05) is 246 Å². The summed E-state index contributed by atoms with van der Waals surface area (Å²) in [6.45, 7) is -1.99. The SMILES string of the molecule is COc1cccc2c1C(=O)c1c(OC(=O)OCC3c4ccccc4-c4ccccc43)c3c(c(OC(=O)OCC4c5ccccc5-c5ccccc54)c1C2=O)CC(OC(=O)OCC1c2ccccc2-c2ccccc21)(C(=O)COC(=O)N(CCOCC(=O)O)c1ccccc1SSCCC(=O)N(C)C)CC3OC1CC(N2C=CCC2)C(OC(=O)OCC2c3ccccc3-c3ccccc32)C(C)O1. The van der Waals surface area contributed by atoms with Gasteiger partial charge in [0.25, 0.3) is 0 Å². The number of Topliss-reactive ketones (excluding diaryl/α,β-unsaturated/α-hetero) is 1. The van der Waals surface area contributed by atoms with E-state index in [1.807, 2.05) is 211 Å². The number of hydrogen-bond donors (Lipinski definition) is 1. The second kappa shape index (κ2) is 39.3. The molecule has 2 heterocycles. The van der Waals surface area contributed by atoms with Gasteiger partial charge >= 0.3 is 36.7 Å². The van der Waals surface area contributed by atoms with Crippen LogP contribution in [0.1, 0.15) is 150 Å². The van der Waals surface area contributed by atoms with Crippen LogP contribution in [-0.2, 0) is 68.2 Å². The molecule has 1 N–H and O–H groups in total. The Morgan fingerprint density at radius 3 is 1.47 bits per heavy atom.